The molecule has 1 atom stereocenters. The Balaban J connectivity index is 2.04. The third kappa shape index (κ3) is 3.38. The molecule has 23 heavy (non-hydrogen) atoms. The Morgan fingerprint density at radius 2 is 1.96 bits per heavy atom. The lowest BCUT2D eigenvalue weighted by Crippen LogP contribution is -2.00. The fraction of sp³-hybridized carbons (Fsp3) is 0.158. The lowest BCUT2D eigenvalue weighted by molar-refractivity contribution is -0.136. The van der Waals surface area contributed by atoms with Crippen LogP contribution in [-0.2, 0) is 11.2 Å². The second kappa shape index (κ2) is 6.18. The van der Waals surface area contributed by atoms with Crippen LogP contribution >= 0.6 is 0 Å². The van der Waals surface area contributed by atoms with Crippen molar-refractivity contribution in [1.29, 1.82) is 0 Å². The van der Waals surface area contributed by atoms with Crippen LogP contribution in [0.1, 0.15) is 24.2 Å². The van der Waals surface area contributed by atoms with Gasteiger partial charge < -0.3 is 10.2 Å². The normalized spacial score (nSPS) is 12.3. The zero-order valence-electron chi connectivity index (χ0n) is 12.7. The van der Waals surface area contributed by atoms with Crippen LogP contribution in [0.4, 0.5) is 0 Å². The standard InChI is InChI=1S/C19H17NO3/c1-12(21)14-5-6-16-11-20-18(10-17(16)9-14)15-4-2-3-13(7-15)8-19(22)23/h2-7,9-12,21H,8H2,1H3,(H,22,23). The zero-order valence-corrected chi connectivity index (χ0v) is 12.7. The Morgan fingerprint density at radius 3 is 2.70 bits per heavy atom. The van der Waals surface area contributed by atoms with E-state index in [1.807, 2.05) is 42.5 Å². The molecule has 2 aromatic carbocycles. The van der Waals surface area contributed by atoms with Crippen molar-refractivity contribution in [2.24, 2.45) is 0 Å². The van der Waals surface area contributed by atoms with Gasteiger partial charge in [0.25, 0.3) is 0 Å². The summed E-state index contributed by atoms with van der Waals surface area (Å²) in [6.45, 7) is 1.73. The highest BCUT2D eigenvalue weighted by atomic mass is 16.4. The number of fused-ring (bicyclic) bond motifs is 1. The molecule has 3 rings (SSSR count). The summed E-state index contributed by atoms with van der Waals surface area (Å²) in [5.41, 5.74) is 3.27. The molecule has 0 saturated carbocycles. The minimum Gasteiger partial charge on any atom is -0.481 e. The minimum absolute atomic E-state index is 0.00635. The van der Waals surface area contributed by atoms with E-state index in [9.17, 15) is 9.90 Å². The van der Waals surface area contributed by atoms with Gasteiger partial charge in [0.05, 0.1) is 18.2 Å². The van der Waals surface area contributed by atoms with Crippen molar-refractivity contribution < 1.29 is 15.0 Å². The van der Waals surface area contributed by atoms with Gasteiger partial charge in [-0.25, -0.2) is 0 Å². The molecule has 0 bridgehead atoms. The first-order chi connectivity index (χ1) is 11.0. The molecule has 0 radical (unpaired) electrons. The summed E-state index contributed by atoms with van der Waals surface area (Å²) in [4.78, 5) is 15.3. The number of aliphatic hydroxyl groups is 1. The SMILES string of the molecule is CC(O)c1ccc2cnc(-c3cccc(CC(=O)O)c3)cc2c1. The fourth-order valence-electron chi connectivity index (χ4n) is 2.59. The van der Waals surface area contributed by atoms with Crippen molar-refractivity contribution in [3.8, 4) is 11.3 Å². The number of carboxylic acid groups (broad SMARTS) is 1. The number of rotatable bonds is 4. The van der Waals surface area contributed by atoms with Crippen LogP contribution < -0.4 is 0 Å². The van der Waals surface area contributed by atoms with E-state index in [1.54, 1.807) is 19.2 Å². The Morgan fingerprint density at radius 1 is 1.13 bits per heavy atom. The van der Waals surface area contributed by atoms with Gasteiger partial charge in [-0.1, -0.05) is 30.3 Å². The Labute approximate surface area is 134 Å². The van der Waals surface area contributed by atoms with Gasteiger partial charge >= 0.3 is 5.97 Å². The number of nitrogens with zero attached hydrogens (tertiary/aromatic N) is 1. The van der Waals surface area contributed by atoms with E-state index in [4.69, 9.17) is 5.11 Å². The number of hydrogen-bond donors (Lipinski definition) is 2. The predicted molar refractivity (Wildman–Crippen MR) is 89.2 cm³/mol. The molecule has 0 aliphatic rings. The molecule has 1 unspecified atom stereocenters. The molecule has 1 heterocycles. The molecule has 3 aromatic rings. The van der Waals surface area contributed by atoms with E-state index in [0.29, 0.717) is 0 Å². The van der Waals surface area contributed by atoms with Crippen molar-refractivity contribution in [2.75, 3.05) is 0 Å². The fourth-order valence-corrected chi connectivity index (χ4v) is 2.59. The number of hydrogen-bond acceptors (Lipinski definition) is 3. The van der Waals surface area contributed by atoms with E-state index in [0.717, 1.165) is 33.2 Å². The summed E-state index contributed by atoms with van der Waals surface area (Å²) in [5.74, 6) is -0.852. The highest BCUT2D eigenvalue weighted by molar-refractivity contribution is 5.86. The number of aliphatic carboxylic acids is 1. The van der Waals surface area contributed by atoms with E-state index in [2.05, 4.69) is 4.98 Å². The molecule has 0 aliphatic carbocycles. The van der Waals surface area contributed by atoms with E-state index in [1.165, 1.54) is 0 Å². The van der Waals surface area contributed by atoms with Crippen LogP contribution in [-0.4, -0.2) is 21.2 Å². The highest BCUT2D eigenvalue weighted by Gasteiger charge is 2.07. The number of carboxylic acids is 1. The third-order valence-electron chi connectivity index (χ3n) is 3.81. The quantitative estimate of drug-likeness (QED) is 0.773. The summed E-state index contributed by atoms with van der Waals surface area (Å²) in [6.07, 6.45) is 1.27. The second-order valence-corrected chi connectivity index (χ2v) is 5.62. The molecule has 4 heteroatoms. The van der Waals surface area contributed by atoms with Crippen molar-refractivity contribution in [3.63, 3.8) is 0 Å². The summed E-state index contributed by atoms with van der Waals surface area (Å²) in [7, 11) is 0. The molecule has 116 valence electrons. The highest BCUT2D eigenvalue weighted by Crippen LogP contribution is 2.25. The molecule has 1 aromatic heterocycles. The van der Waals surface area contributed by atoms with Gasteiger partial charge in [-0.15, -0.1) is 0 Å². The maximum Gasteiger partial charge on any atom is 0.307 e. The van der Waals surface area contributed by atoms with E-state index in [-0.39, 0.29) is 6.42 Å². The Bertz CT molecular complexity index is 871. The first-order valence-electron chi connectivity index (χ1n) is 7.42. The molecular weight excluding hydrogens is 290 g/mol. The summed E-state index contributed by atoms with van der Waals surface area (Å²) < 4.78 is 0. The lowest BCUT2D eigenvalue weighted by Gasteiger charge is -2.08. The Hall–Kier alpha value is -2.72. The van der Waals surface area contributed by atoms with Crippen LogP contribution in [0.3, 0.4) is 0 Å². The van der Waals surface area contributed by atoms with Crippen LogP contribution in [0.5, 0.6) is 0 Å². The van der Waals surface area contributed by atoms with Gasteiger partial charge in [0.15, 0.2) is 0 Å². The average molecular weight is 307 g/mol. The van der Waals surface area contributed by atoms with Crippen LogP contribution in [0.15, 0.2) is 54.7 Å². The number of aliphatic hydroxyl groups excluding tert-OH is 1. The summed E-state index contributed by atoms with van der Waals surface area (Å²) >= 11 is 0. The smallest absolute Gasteiger partial charge is 0.307 e. The first-order valence-corrected chi connectivity index (χ1v) is 7.42. The van der Waals surface area contributed by atoms with Crippen molar-refractivity contribution in [3.05, 3.63) is 65.9 Å². The van der Waals surface area contributed by atoms with Crippen molar-refractivity contribution in [1.82, 2.24) is 4.98 Å². The molecular formula is C19H17NO3. The summed E-state index contributed by atoms with van der Waals surface area (Å²) in [6, 6.07) is 15.1. The predicted octanol–water partition coefficient (Wildman–Crippen LogP) is 3.58. The maximum absolute atomic E-state index is 10.9. The third-order valence-corrected chi connectivity index (χ3v) is 3.81. The Kier molecular flexibility index (Phi) is 4.08. The molecule has 0 fully saturated rings. The monoisotopic (exact) mass is 307 g/mol. The summed E-state index contributed by atoms with van der Waals surface area (Å²) in [5, 5.41) is 20.6. The zero-order chi connectivity index (χ0) is 16.4. The van der Waals surface area contributed by atoms with Gasteiger partial charge in [-0.05, 0) is 41.6 Å². The van der Waals surface area contributed by atoms with Crippen molar-refractivity contribution in [2.45, 2.75) is 19.4 Å². The molecule has 0 saturated heterocycles. The number of carbonyl (C=O) groups is 1. The number of pyridine rings is 1. The average Bonchev–Trinajstić information content (AvgIpc) is 2.53. The minimum atomic E-state index is -0.852. The van der Waals surface area contributed by atoms with Crippen molar-refractivity contribution >= 4 is 16.7 Å². The largest absolute Gasteiger partial charge is 0.481 e. The van der Waals surface area contributed by atoms with Crippen LogP contribution in [0.25, 0.3) is 22.0 Å². The van der Waals surface area contributed by atoms with Gasteiger partial charge in [0.1, 0.15) is 0 Å². The molecule has 2 N–H and O–H groups in total. The van der Waals surface area contributed by atoms with Gasteiger partial charge in [-0.2, -0.15) is 0 Å². The van der Waals surface area contributed by atoms with Gasteiger partial charge in [-0.3, -0.25) is 9.78 Å². The number of benzene rings is 2. The topological polar surface area (TPSA) is 70.4 Å². The molecule has 0 spiro atoms. The molecule has 0 amide bonds. The van der Waals surface area contributed by atoms with E-state index >= 15 is 0 Å². The molecule has 4 nitrogen and oxygen atoms in total. The van der Waals surface area contributed by atoms with E-state index < -0.39 is 12.1 Å². The van der Waals surface area contributed by atoms with Gasteiger partial charge in [0.2, 0.25) is 0 Å². The number of aromatic nitrogens is 1. The van der Waals surface area contributed by atoms with Crippen LogP contribution in [0, 0.1) is 0 Å². The molecule has 0 aliphatic heterocycles. The first kappa shape index (κ1) is 15.2. The van der Waals surface area contributed by atoms with Crippen LogP contribution in [0.2, 0.25) is 0 Å². The maximum atomic E-state index is 10.9. The lowest BCUT2D eigenvalue weighted by atomic mass is 10.0. The second-order valence-electron chi connectivity index (χ2n) is 5.62. The van der Waals surface area contributed by atoms with Gasteiger partial charge in [0, 0.05) is 17.1 Å².